The number of aryl methyl sites for hydroxylation is 1. The predicted octanol–water partition coefficient (Wildman–Crippen LogP) is 1.59. The normalized spacial score (nSPS) is 9.69. The Morgan fingerprint density at radius 2 is 2.12 bits per heavy atom. The average molecular weight is 245 g/mol. The molecule has 5 nitrogen and oxygen atoms in total. The van der Waals surface area contributed by atoms with Gasteiger partial charge in [0.05, 0.1) is 5.69 Å². The third kappa shape index (κ3) is 3.09. The van der Waals surface area contributed by atoms with Crippen LogP contribution in [0.15, 0.2) is 17.1 Å². The van der Waals surface area contributed by atoms with E-state index in [4.69, 9.17) is 23.1 Å². The number of carbonyl (C=O) groups excluding carboxylic acids is 1. The summed E-state index contributed by atoms with van der Waals surface area (Å²) >= 11 is 5.62. The summed E-state index contributed by atoms with van der Waals surface area (Å²) in [5.41, 5.74) is 10.5. The molecule has 86 valence electrons. The first-order chi connectivity index (χ1) is 7.40. The number of hydrogen-bond acceptors (Lipinski definition) is 1. The predicted molar refractivity (Wildman–Crippen MR) is 61.0 cm³/mol. The molecule has 1 rings (SSSR count). The fourth-order valence-corrected chi connectivity index (χ4v) is 1.37. The molecule has 16 heavy (non-hydrogen) atoms. The lowest BCUT2D eigenvalue weighted by atomic mass is 10.2. The van der Waals surface area contributed by atoms with E-state index in [0.29, 0.717) is 5.56 Å². The van der Waals surface area contributed by atoms with Crippen molar-refractivity contribution in [1.29, 1.82) is 0 Å². The smallest absolute Gasteiger partial charge is 0.348 e. The van der Waals surface area contributed by atoms with Gasteiger partial charge in [0.1, 0.15) is 5.82 Å². The van der Waals surface area contributed by atoms with E-state index in [2.05, 4.69) is 10.3 Å². The van der Waals surface area contributed by atoms with E-state index in [1.807, 2.05) is 0 Å². The van der Waals surface area contributed by atoms with Crippen molar-refractivity contribution in [2.75, 3.05) is 5.32 Å². The number of carbonyl (C=O) groups is 1. The number of urea groups is 1. The van der Waals surface area contributed by atoms with E-state index in [-0.39, 0.29) is 10.7 Å². The monoisotopic (exact) mass is 244 g/mol. The largest absolute Gasteiger partial charge is 0.370 e. The van der Waals surface area contributed by atoms with Gasteiger partial charge in [-0.25, -0.2) is 9.18 Å². The average Bonchev–Trinajstić information content (AvgIpc) is 2.09. The lowest BCUT2D eigenvalue weighted by molar-refractivity contribution is 0.259. The van der Waals surface area contributed by atoms with Gasteiger partial charge in [-0.15, -0.1) is 0 Å². The van der Waals surface area contributed by atoms with Gasteiger partial charge in [-0.3, -0.25) is 0 Å². The highest BCUT2D eigenvalue weighted by Crippen LogP contribution is 2.24. The van der Waals surface area contributed by atoms with Crippen LogP contribution in [0.3, 0.4) is 0 Å². The highest BCUT2D eigenvalue weighted by Gasteiger charge is 2.10. The van der Waals surface area contributed by atoms with Gasteiger partial charge < -0.3 is 16.8 Å². The lowest BCUT2D eigenvalue weighted by Crippen LogP contribution is -2.25. The van der Waals surface area contributed by atoms with Crippen LogP contribution in [0.1, 0.15) is 5.56 Å². The zero-order valence-corrected chi connectivity index (χ0v) is 9.18. The molecule has 7 heteroatoms. The Morgan fingerprint density at radius 3 is 2.62 bits per heavy atom. The molecular weight excluding hydrogens is 235 g/mol. The van der Waals surface area contributed by atoms with Crippen LogP contribution in [0.4, 0.5) is 14.9 Å². The number of amides is 2. The van der Waals surface area contributed by atoms with Crippen LogP contribution in [-0.4, -0.2) is 12.0 Å². The number of nitrogens with two attached hydrogens (primary N) is 2. The van der Waals surface area contributed by atoms with Crippen molar-refractivity contribution < 1.29 is 9.18 Å². The maximum absolute atomic E-state index is 13.4. The topological polar surface area (TPSA) is 93.5 Å². The summed E-state index contributed by atoms with van der Waals surface area (Å²) in [6.45, 7) is 1.60. The SMILES string of the molecule is Cc1cc(Cl)cc(F)c1NC(=O)N=C(N)N. The standard InChI is InChI=1S/C9H10ClFN4O/c1-4-2-5(10)3-6(11)7(4)14-9(16)15-8(12)13/h2-3H,1H3,(H5,12,13,14,15,16). The van der Waals surface area contributed by atoms with Crippen molar-refractivity contribution >= 4 is 29.3 Å². The highest BCUT2D eigenvalue weighted by molar-refractivity contribution is 6.30. The van der Waals surface area contributed by atoms with Crippen molar-refractivity contribution in [1.82, 2.24) is 0 Å². The lowest BCUT2D eigenvalue weighted by Gasteiger charge is -2.07. The van der Waals surface area contributed by atoms with E-state index in [9.17, 15) is 9.18 Å². The van der Waals surface area contributed by atoms with Gasteiger partial charge in [-0.05, 0) is 24.6 Å². The fraction of sp³-hybridized carbons (Fsp3) is 0.111. The molecule has 2 amide bonds. The quantitative estimate of drug-likeness (QED) is 0.517. The van der Waals surface area contributed by atoms with Crippen LogP contribution >= 0.6 is 11.6 Å². The minimum absolute atomic E-state index is 0.000556. The number of guanidine groups is 1. The molecular formula is C9H10ClFN4O. The van der Waals surface area contributed by atoms with E-state index < -0.39 is 17.8 Å². The van der Waals surface area contributed by atoms with E-state index in [1.165, 1.54) is 6.07 Å². The Labute approximate surface area is 96.3 Å². The molecule has 5 N–H and O–H groups in total. The molecule has 0 unspecified atom stereocenters. The van der Waals surface area contributed by atoms with Crippen molar-refractivity contribution in [3.05, 3.63) is 28.5 Å². The molecule has 1 aromatic rings. The zero-order valence-electron chi connectivity index (χ0n) is 8.42. The summed E-state index contributed by atoms with van der Waals surface area (Å²) in [5.74, 6) is -1.05. The number of nitrogens with one attached hydrogen (secondary N) is 1. The Hall–Kier alpha value is -1.82. The maximum Gasteiger partial charge on any atom is 0.348 e. The van der Waals surface area contributed by atoms with Crippen molar-refractivity contribution in [3.63, 3.8) is 0 Å². The molecule has 0 saturated heterocycles. The summed E-state index contributed by atoms with van der Waals surface area (Å²) in [4.78, 5) is 14.4. The maximum atomic E-state index is 13.4. The minimum atomic E-state index is -0.843. The van der Waals surface area contributed by atoms with Crippen molar-refractivity contribution in [3.8, 4) is 0 Å². The van der Waals surface area contributed by atoms with E-state index in [1.54, 1.807) is 6.92 Å². The van der Waals surface area contributed by atoms with Crippen LogP contribution < -0.4 is 16.8 Å². The molecule has 1 aromatic carbocycles. The zero-order chi connectivity index (χ0) is 12.3. The second kappa shape index (κ2) is 4.80. The second-order valence-corrected chi connectivity index (χ2v) is 3.48. The molecule has 0 saturated carbocycles. The molecule has 0 aliphatic heterocycles. The summed E-state index contributed by atoms with van der Waals surface area (Å²) < 4.78 is 13.4. The number of anilines is 1. The van der Waals surface area contributed by atoms with Gasteiger partial charge in [0.25, 0.3) is 0 Å². The first kappa shape index (κ1) is 12.3. The highest BCUT2D eigenvalue weighted by atomic mass is 35.5. The van der Waals surface area contributed by atoms with Crippen molar-refractivity contribution in [2.45, 2.75) is 6.92 Å². The third-order valence-electron chi connectivity index (χ3n) is 1.71. The molecule has 0 fully saturated rings. The first-order valence-corrected chi connectivity index (χ1v) is 4.64. The number of aliphatic imine (C=N–C) groups is 1. The fourth-order valence-electron chi connectivity index (χ4n) is 1.11. The van der Waals surface area contributed by atoms with Gasteiger partial charge in [0.15, 0.2) is 5.96 Å². The number of rotatable bonds is 1. The van der Waals surface area contributed by atoms with Crippen LogP contribution in [0, 0.1) is 12.7 Å². The molecule has 0 heterocycles. The minimum Gasteiger partial charge on any atom is -0.370 e. The molecule has 0 atom stereocenters. The summed E-state index contributed by atoms with van der Waals surface area (Å²) in [7, 11) is 0. The Balaban J connectivity index is 2.98. The molecule has 0 aromatic heterocycles. The molecule has 0 spiro atoms. The number of hydrogen-bond donors (Lipinski definition) is 3. The number of benzene rings is 1. The van der Waals surface area contributed by atoms with Crippen molar-refractivity contribution in [2.24, 2.45) is 16.5 Å². The van der Waals surface area contributed by atoms with Crippen LogP contribution in [0.2, 0.25) is 5.02 Å². The second-order valence-electron chi connectivity index (χ2n) is 3.05. The van der Waals surface area contributed by atoms with Crippen LogP contribution in [-0.2, 0) is 0 Å². The molecule has 0 aliphatic carbocycles. The number of nitrogens with zero attached hydrogens (tertiary/aromatic N) is 1. The van der Waals surface area contributed by atoms with Gasteiger partial charge in [0, 0.05) is 5.02 Å². The van der Waals surface area contributed by atoms with Gasteiger partial charge in [-0.1, -0.05) is 11.6 Å². The molecule has 0 radical (unpaired) electrons. The third-order valence-corrected chi connectivity index (χ3v) is 1.93. The van der Waals surface area contributed by atoms with Gasteiger partial charge in [-0.2, -0.15) is 4.99 Å². The molecule has 0 bridgehead atoms. The van der Waals surface area contributed by atoms with E-state index >= 15 is 0 Å². The summed E-state index contributed by atoms with van der Waals surface area (Å²) in [6, 6.07) is 1.75. The van der Waals surface area contributed by atoms with Crippen LogP contribution in [0.5, 0.6) is 0 Å². The van der Waals surface area contributed by atoms with Gasteiger partial charge >= 0.3 is 6.03 Å². The Kier molecular flexibility index (Phi) is 3.68. The number of halogens is 2. The summed E-state index contributed by atoms with van der Waals surface area (Å²) in [6.07, 6.45) is 0. The van der Waals surface area contributed by atoms with E-state index in [0.717, 1.165) is 6.07 Å². The molecule has 0 aliphatic rings. The first-order valence-electron chi connectivity index (χ1n) is 4.26. The van der Waals surface area contributed by atoms with Crippen LogP contribution in [0.25, 0.3) is 0 Å². The Bertz CT molecular complexity index is 434. The summed E-state index contributed by atoms with van der Waals surface area (Å²) in [5, 5.41) is 2.46. The van der Waals surface area contributed by atoms with Gasteiger partial charge in [0.2, 0.25) is 0 Å². The Morgan fingerprint density at radius 1 is 1.50 bits per heavy atom.